The molecule has 2 nitrogen and oxygen atoms in total. The third-order valence-corrected chi connectivity index (χ3v) is 6.70. The SMILES string of the molecule is Cc1cc(OCCCCCCCCCCCPO)c(F)c(F)c1C1CCCCC1. The zero-order valence-corrected chi connectivity index (χ0v) is 19.1. The van der Waals surface area contributed by atoms with Crippen molar-refractivity contribution in [2.75, 3.05) is 12.8 Å². The fourth-order valence-electron chi connectivity index (χ4n) is 4.46. The molecule has 166 valence electrons. The average Bonchev–Trinajstić information content (AvgIpc) is 2.73. The van der Waals surface area contributed by atoms with Gasteiger partial charge in [0.1, 0.15) is 0 Å². The molecule has 1 atom stereocenters. The van der Waals surface area contributed by atoms with Crippen LogP contribution < -0.4 is 4.74 Å². The van der Waals surface area contributed by atoms with E-state index >= 15 is 0 Å². The normalized spacial score (nSPS) is 15.4. The Balaban J connectivity index is 1.64. The van der Waals surface area contributed by atoms with Crippen molar-refractivity contribution in [3.05, 3.63) is 28.8 Å². The molecule has 1 aromatic carbocycles. The van der Waals surface area contributed by atoms with Gasteiger partial charge in [-0.15, -0.1) is 0 Å². The number of unbranched alkanes of at least 4 members (excludes halogenated alkanes) is 8. The topological polar surface area (TPSA) is 29.5 Å². The summed E-state index contributed by atoms with van der Waals surface area (Å²) in [7, 11) is 0.100. The fourth-order valence-corrected chi connectivity index (χ4v) is 4.87. The number of rotatable bonds is 14. The van der Waals surface area contributed by atoms with Gasteiger partial charge in [0.25, 0.3) is 0 Å². The van der Waals surface area contributed by atoms with Crippen molar-refractivity contribution in [2.24, 2.45) is 0 Å². The van der Waals surface area contributed by atoms with Gasteiger partial charge in [0.05, 0.1) is 6.61 Å². The third-order valence-electron chi connectivity index (χ3n) is 6.12. The molecule has 1 fully saturated rings. The highest BCUT2D eigenvalue weighted by Crippen LogP contribution is 2.38. The second-order valence-corrected chi connectivity index (χ2v) is 9.32. The van der Waals surface area contributed by atoms with Gasteiger partial charge < -0.3 is 9.63 Å². The lowest BCUT2D eigenvalue weighted by Crippen LogP contribution is -2.11. The van der Waals surface area contributed by atoms with Crippen LogP contribution in [0.25, 0.3) is 0 Å². The molecular formula is C24H39F2O2P. The number of aryl methyl sites for hydroxylation is 1. The minimum Gasteiger partial charge on any atom is -0.490 e. The molecule has 1 unspecified atom stereocenters. The molecule has 1 aliphatic carbocycles. The Kier molecular flexibility index (Phi) is 12.1. The van der Waals surface area contributed by atoms with E-state index in [0.29, 0.717) is 12.2 Å². The molecule has 2 rings (SSSR count). The van der Waals surface area contributed by atoms with Crippen LogP contribution in [0.15, 0.2) is 6.07 Å². The summed E-state index contributed by atoms with van der Waals surface area (Å²) in [5, 5.41) is 0. The zero-order chi connectivity index (χ0) is 20.9. The zero-order valence-electron chi connectivity index (χ0n) is 18.1. The molecule has 0 aromatic heterocycles. The van der Waals surface area contributed by atoms with Crippen LogP contribution in [0.2, 0.25) is 0 Å². The first kappa shape index (κ1) is 24.5. The predicted molar refractivity (Wildman–Crippen MR) is 119 cm³/mol. The van der Waals surface area contributed by atoms with Crippen LogP contribution in [0.4, 0.5) is 8.78 Å². The van der Waals surface area contributed by atoms with Crippen molar-refractivity contribution in [3.63, 3.8) is 0 Å². The van der Waals surface area contributed by atoms with Gasteiger partial charge >= 0.3 is 0 Å². The van der Waals surface area contributed by atoms with E-state index in [1.165, 1.54) is 38.5 Å². The van der Waals surface area contributed by atoms with Gasteiger partial charge in [0, 0.05) is 8.81 Å². The van der Waals surface area contributed by atoms with Crippen molar-refractivity contribution in [3.8, 4) is 5.75 Å². The number of halogens is 2. The third kappa shape index (κ3) is 8.50. The van der Waals surface area contributed by atoms with Crippen LogP contribution in [0.3, 0.4) is 0 Å². The summed E-state index contributed by atoms with van der Waals surface area (Å²) in [6.45, 7) is 2.32. The van der Waals surface area contributed by atoms with Gasteiger partial charge in [-0.3, -0.25) is 0 Å². The van der Waals surface area contributed by atoms with Crippen molar-refractivity contribution in [1.29, 1.82) is 0 Å². The van der Waals surface area contributed by atoms with Gasteiger partial charge in [-0.1, -0.05) is 64.2 Å². The molecule has 0 bridgehead atoms. The number of hydrogen-bond donors (Lipinski definition) is 1. The van der Waals surface area contributed by atoms with Gasteiger partial charge in [-0.05, 0) is 61.9 Å². The molecule has 0 heterocycles. The van der Waals surface area contributed by atoms with Crippen LogP contribution in [-0.4, -0.2) is 17.7 Å². The van der Waals surface area contributed by atoms with Crippen molar-refractivity contribution < 1.29 is 18.4 Å². The molecule has 1 saturated carbocycles. The van der Waals surface area contributed by atoms with Crippen LogP contribution in [0.1, 0.15) is 107 Å². The quantitative estimate of drug-likeness (QED) is 0.242. The molecule has 0 radical (unpaired) electrons. The fraction of sp³-hybridized carbons (Fsp3) is 0.750. The molecule has 1 aromatic rings. The number of benzene rings is 1. The molecule has 1 aliphatic rings. The lowest BCUT2D eigenvalue weighted by atomic mass is 9.82. The van der Waals surface area contributed by atoms with E-state index in [2.05, 4.69) is 0 Å². The molecule has 1 N–H and O–H groups in total. The monoisotopic (exact) mass is 428 g/mol. The summed E-state index contributed by atoms with van der Waals surface area (Å²) in [5.74, 6) is -1.27. The van der Waals surface area contributed by atoms with Crippen LogP contribution in [-0.2, 0) is 0 Å². The molecule has 0 spiro atoms. The Hall–Kier alpha value is -0.730. The number of ether oxygens (including phenoxy) is 1. The van der Waals surface area contributed by atoms with E-state index in [-0.39, 0.29) is 20.5 Å². The van der Waals surface area contributed by atoms with Crippen molar-refractivity contribution in [2.45, 2.75) is 103 Å². The molecule has 5 heteroatoms. The van der Waals surface area contributed by atoms with Crippen LogP contribution >= 0.6 is 8.81 Å². The van der Waals surface area contributed by atoms with E-state index in [1.807, 2.05) is 6.92 Å². The highest BCUT2D eigenvalue weighted by Gasteiger charge is 2.25. The summed E-state index contributed by atoms with van der Waals surface area (Å²) in [6.07, 6.45) is 16.8. The Morgan fingerprint density at radius 1 is 0.897 bits per heavy atom. The van der Waals surface area contributed by atoms with E-state index in [9.17, 15) is 8.78 Å². The summed E-state index contributed by atoms with van der Waals surface area (Å²) in [5.41, 5.74) is 1.40. The molecular weight excluding hydrogens is 389 g/mol. The van der Waals surface area contributed by atoms with Gasteiger partial charge in [-0.2, -0.15) is 4.39 Å². The smallest absolute Gasteiger partial charge is 0.200 e. The lowest BCUT2D eigenvalue weighted by molar-refractivity contribution is 0.283. The van der Waals surface area contributed by atoms with E-state index in [4.69, 9.17) is 9.63 Å². The molecule has 0 aliphatic heterocycles. The van der Waals surface area contributed by atoms with Crippen molar-refractivity contribution in [1.82, 2.24) is 0 Å². The first-order valence-electron chi connectivity index (χ1n) is 11.6. The molecule has 0 saturated heterocycles. The summed E-state index contributed by atoms with van der Waals surface area (Å²) in [4.78, 5) is 8.77. The largest absolute Gasteiger partial charge is 0.490 e. The molecule has 0 amide bonds. The predicted octanol–water partition coefficient (Wildman–Crippen LogP) is 7.80. The van der Waals surface area contributed by atoms with E-state index < -0.39 is 11.6 Å². The minimum absolute atomic E-state index is 0.0723. The Morgan fingerprint density at radius 2 is 1.48 bits per heavy atom. The average molecular weight is 429 g/mol. The first-order chi connectivity index (χ1) is 14.1. The van der Waals surface area contributed by atoms with Crippen LogP contribution in [0.5, 0.6) is 5.75 Å². The summed E-state index contributed by atoms with van der Waals surface area (Å²) >= 11 is 0. The van der Waals surface area contributed by atoms with E-state index in [0.717, 1.165) is 63.1 Å². The molecule has 29 heavy (non-hydrogen) atoms. The second kappa shape index (κ2) is 14.3. The maximum Gasteiger partial charge on any atom is 0.200 e. The first-order valence-corrected chi connectivity index (χ1v) is 12.8. The summed E-state index contributed by atoms with van der Waals surface area (Å²) < 4.78 is 34.8. The van der Waals surface area contributed by atoms with Gasteiger partial charge in [0.15, 0.2) is 11.6 Å². The highest BCUT2D eigenvalue weighted by molar-refractivity contribution is 7.31. The van der Waals surface area contributed by atoms with Crippen LogP contribution in [0, 0.1) is 18.6 Å². The standard InChI is InChI=1S/C24H39F2O2P/c1-19-18-21(23(25)24(26)22(19)20-14-10-9-11-15-20)28-16-12-7-5-3-2-4-6-8-13-17-29-27/h18,20,27,29H,2-17H2,1H3. The van der Waals surface area contributed by atoms with Gasteiger partial charge in [0.2, 0.25) is 5.82 Å². The summed E-state index contributed by atoms with van der Waals surface area (Å²) in [6, 6.07) is 1.69. The van der Waals surface area contributed by atoms with Gasteiger partial charge in [-0.25, -0.2) is 4.39 Å². The maximum atomic E-state index is 14.7. The van der Waals surface area contributed by atoms with E-state index in [1.54, 1.807) is 6.07 Å². The number of hydrogen-bond acceptors (Lipinski definition) is 2. The Bertz CT molecular complexity index is 589. The minimum atomic E-state index is -0.807. The highest BCUT2D eigenvalue weighted by atomic mass is 31.1. The Labute approximate surface area is 177 Å². The second-order valence-electron chi connectivity index (χ2n) is 8.51. The Morgan fingerprint density at radius 3 is 2.10 bits per heavy atom. The lowest BCUT2D eigenvalue weighted by Gasteiger charge is -2.25. The maximum absolute atomic E-state index is 14.7. The van der Waals surface area contributed by atoms with Crippen molar-refractivity contribution >= 4 is 8.81 Å².